The van der Waals surface area contributed by atoms with Gasteiger partial charge in [0.25, 0.3) is 0 Å². The van der Waals surface area contributed by atoms with Gasteiger partial charge in [-0.15, -0.1) is 0 Å². The van der Waals surface area contributed by atoms with E-state index in [0.29, 0.717) is 12.8 Å². The lowest BCUT2D eigenvalue weighted by Crippen LogP contribution is -2.35. The highest BCUT2D eigenvalue weighted by Crippen LogP contribution is 2.40. The average molecular weight is 252 g/mol. The number of hydrogen-bond acceptors (Lipinski definition) is 2. The van der Waals surface area contributed by atoms with Crippen molar-refractivity contribution in [3.05, 3.63) is 0 Å². The second-order valence-electron chi connectivity index (χ2n) is 5.64. The molecule has 1 aliphatic carbocycles. The second-order valence-corrected chi connectivity index (χ2v) is 5.64. The maximum absolute atomic E-state index is 12.6. The van der Waals surface area contributed by atoms with Crippen LogP contribution in [0.15, 0.2) is 0 Å². The molecule has 0 aliphatic heterocycles. The van der Waals surface area contributed by atoms with E-state index < -0.39 is 29.6 Å². The number of alkyl halides is 3. The van der Waals surface area contributed by atoms with E-state index in [-0.39, 0.29) is 12.8 Å². The van der Waals surface area contributed by atoms with Gasteiger partial charge in [-0.2, -0.15) is 13.2 Å². The molecule has 0 spiro atoms. The molecule has 1 fully saturated rings. The number of esters is 1. The Kier molecular flexibility index (Phi) is 4.10. The minimum atomic E-state index is -4.19. The van der Waals surface area contributed by atoms with E-state index in [4.69, 9.17) is 4.74 Å². The normalized spacial score (nSPS) is 26.7. The Balaban J connectivity index is 2.58. The van der Waals surface area contributed by atoms with Gasteiger partial charge in [0.1, 0.15) is 5.60 Å². The number of carbonyl (C=O) groups excluding carboxylic acids is 1. The molecule has 2 nitrogen and oxygen atoms in total. The van der Waals surface area contributed by atoms with Crippen LogP contribution in [0.3, 0.4) is 0 Å². The molecule has 0 heterocycles. The van der Waals surface area contributed by atoms with Crippen molar-refractivity contribution >= 4 is 5.97 Å². The molecule has 0 aromatic heterocycles. The first-order valence-electron chi connectivity index (χ1n) is 5.89. The molecule has 0 saturated heterocycles. The fourth-order valence-electron chi connectivity index (χ4n) is 2.09. The molecule has 2 unspecified atom stereocenters. The average Bonchev–Trinajstić information content (AvgIpc) is 2.14. The zero-order chi connectivity index (χ0) is 13.3. The van der Waals surface area contributed by atoms with Crippen LogP contribution in [0.1, 0.15) is 46.5 Å². The van der Waals surface area contributed by atoms with Crippen LogP contribution >= 0.6 is 0 Å². The number of ether oxygens (including phenoxy) is 1. The van der Waals surface area contributed by atoms with Crippen molar-refractivity contribution in [2.24, 2.45) is 11.8 Å². The molecule has 100 valence electrons. The van der Waals surface area contributed by atoms with Crippen LogP contribution in [0.2, 0.25) is 0 Å². The first kappa shape index (κ1) is 14.3. The molecular formula is C12H19F3O2. The van der Waals surface area contributed by atoms with Crippen LogP contribution in [0.25, 0.3) is 0 Å². The zero-order valence-corrected chi connectivity index (χ0v) is 10.4. The number of hydrogen-bond donors (Lipinski definition) is 0. The highest BCUT2D eigenvalue weighted by atomic mass is 19.4. The van der Waals surface area contributed by atoms with E-state index in [0.717, 1.165) is 0 Å². The topological polar surface area (TPSA) is 26.3 Å². The lowest BCUT2D eigenvalue weighted by atomic mass is 9.81. The maximum Gasteiger partial charge on any atom is 0.391 e. The van der Waals surface area contributed by atoms with Gasteiger partial charge in [0.05, 0.1) is 11.8 Å². The molecule has 2 atom stereocenters. The van der Waals surface area contributed by atoms with E-state index in [1.807, 2.05) is 0 Å². The summed E-state index contributed by atoms with van der Waals surface area (Å²) in [5.74, 6) is -2.45. The van der Waals surface area contributed by atoms with Crippen molar-refractivity contribution in [2.75, 3.05) is 0 Å². The number of carbonyl (C=O) groups is 1. The third-order valence-corrected chi connectivity index (χ3v) is 2.88. The van der Waals surface area contributed by atoms with Gasteiger partial charge in [-0.3, -0.25) is 4.79 Å². The number of halogens is 3. The zero-order valence-electron chi connectivity index (χ0n) is 10.4. The third kappa shape index (κ3) is 4.56. The van der Waals surface area contributed by atoms with Gasteiger partial charge in [0, 0.05) is 0 Å². The first-order chi connectivity index (χ1) is 7.59. The maximum atomic E-state index is 12.6. The van der Waals surface area contributed by atoms with Crippen molar-refractivity contribution < 1.29 is 22.7 Å². The summed E-state index contributed by atoms with van der Waals surface area (Å²) in [5, 5.41) is 0. The predicted octanol–water partition coefficient (Wildman–Crippen LogP) is 3.70. The monoisotopic (exact) mass is 252 g/mol. The molecule has 17 heavy (non-hydrogen) atoms. The Labute approximate surface area is 99.5 Å². The molecule has 0 bridgehead atoms. The van der Waals surface area contributed by atoms with Crippen LogP contribution in [-0.2, 0) is 9.53 Å². The SMILES string of the molecule is CC(C)(C)OC(=O)C1CCCC(C(F)(F)F)C1. The molecule has 0 aromatic carbocycles. The summed E-state index contributed by atoms with van der Waals surface area (Å²) >= 11 is 0. The first-order valence-corrected chi connectivity index (χ1v) is 5.89. The summed E-state index contributed by atoms with van der Waals surface area (Å²) in [4.78, 5) is 11.7. The summed E-state index contributed by atoms with van der Waals surface area (Å²) < 4.78 is 42.8. The summed E-state index contributed by atoms with van der Waals surface area (Å²) in [5.41, 5.74) is -0.637. The third-order valence-electron chi connectivity index (χ3n) is 2.88. The van der Waals surface area contributed by atoms with E-state index in [1.54, 1.807) is 20.8 Å². The van der Waals surface area contributed by atoms with Gasteiger partial charge in [-0.1, -0.05) is 6.42 Å². The van der Waals surface area contributed by atoms with E-state index in [9.17, 15) is 18.0 Å². The van der Waals surface area contributed by atoms with Crippen molar-refractivity contribution in [1.82, 2.24) is 0 Å². The Hall–Kier alpha value is -0.740. The molecule has 1 aliphatic rings. The lowest BCUT2D eigenvalue weighted by molar-refractivity contribution is -0.191. The fraction of sp³-hybridized carbons (Fsp3) is 0.917. The van der Waals surface area contributed by atoms with Crippen molar-refractivity contribution in [3.8, 4) is 0 Å². The molecule has 0 amide bonds. The standard InChI is InChI=1S/C12H19F3O2/c1-11(2,3)17-10(16)8-5-4-6-9(7-8)12(13,14)15/h8-9H,4-7H2,1-3H3. The molecule has 1 saturated carbocycles. The fourth-order valence-corrected chi connectivity index (χ4v) is 2.09. The van der Waals surface area contributed by atoms with Gasteiger partial charge in [0.15, 0.2) is 0 Å². The molecule has 0 aromatic rings. The Morgan fingerprint density at radius 2 is 1.76 bits per heavy atom. The molecule has 0 radical (unpaired) electrons. The summed E-state index contributed by atoms with van der Waals surface area (Å²) in [7, 11) is 0. The molecular weight excluding hydrogens is 233 g/mol. The highest BCUT2D eigenvalue weighted by Gasteiger charge is 2.44. The second kappa shape index (κ2) is 4.86. The van der Waals surface area contributed by atoms with Gasteiger partial charge >= 0.3 is 12.1 Å². The van der Waals surface area contributed by atoms with Gasteiger partial charge in [-0.05, 0) is 40.0 Å². The minimum absolute atomic E-state index is 0.127. The van der Waals surface area contributed by atoms with Gasteiger partial charge < -0.3 is 4.74 Å². The van der Waals surface area contributed by atoms with Crippen molar-refractivity contribution in [1.29, 1.82) is 0 Å². The smallest absolute Gasteiger partial charge is 0.391 e. The van der Waals surface area contributed by atoms with Gasteiger partial charge in [0.2, 0.25) is 0 Å². The van der Waals surface area contributed by atoms with Gasteiger partial charge in [-0.25, -0.2) is 0 Å². The summed E-state index contributed by atoms with van der Waals surface area (Å²) in [6, 6.07) is 0. The Bertz CT molecular complexity index is 278. The Morgan fingerprint density at radius 1 is 1.18 bits per heavy atom. The molecule has 0 N–H and O–H groups in total. The largest absolute Gasteiger partial charge is 0.460 e. The molecule has 5 heteroatoms. The minimum Gasteiger partial charge on any atom is -0.460 e. The van der Waals surface area contributed by atoms with Crippen LogP contribution in [-0.4, -0.2) is 17.7 Å². The van der Waals surface area contributed by atoms with Crippen LogP contribution in [0.5, 0.6) is 0 Å². The van der Waals surface area contributed by atoms with E-state index in [2.05, 4.69) is 0 Å². The van der Waals surface area contributed by atoms with Crippen molar-refractivity contribution in [2.45, 2.75) is 58.2 Å². The number of rotatable bonds is 1. The van der Waals surface area contributed by atoms with E-state index >= 15 is 0 Å². The van der Waals surface area contributed by atoms with E-state index in [1.165, 1.54) is 0 Å². The lowest BCUT2D eigenvalue weighted by Gasteiger charge is -2.31. The summed E-state index contributed by atoms with van der Waals surface area (Å²) in [6.45, 7) is 5.15. The van der Waals surface area contributed by atoms with Crippen molar-refractivity contribution in [3.63, 3.8) is 0 Å². The van der Waals surface area contributed by atoms with Crippen LogP contribution in [0.4, 0.5) is 13.2 Å². The Morgan fingerprint density at radius 3 is 2.24 bits per heavy atom. The van der Waals surface area contributed by atoms with Crippen LogP contribution < -0.4 is 0 Å². The predicted molar refractivity (Wildman–Crippen MR) is 57.3 cm³/mol. The highest BCUT2D eigenvalue weighted by molar-refractivity contribution is 5.73. The molecule has 1 rings (SSSR count). The summed E-state index contributed by atoms with van der Waals surface area (Å²) in [6.07, 6.45) is -3.25. The van der Waals surface area contributed by atoms with Crippen LogP contribution in [0, 0.1) is 11.8 Å². The quantitative estimate of drug-likeness (QED) is 0.665.